The van der Waals surface area contributed by atoms with Gasteiger partial charge >= 0.3 is 11.9 Å². The van der Waals surface area contributed by atoms with Crippen molar-refractivity contribution in [3.8, 4) is 17.6 Å². The van der Waals surface area contributed by atoms with Gasteiger partial charge in [0.05, 0.1) is 11.5 Å². The molecule has 0 spiro atoms. The number of hydrogen-bond acceptors (Lipinski definition) is 5. The molecule has 0 N–H and O–H groups in total. The van der Waals surface area contributed by atoms with Crippen molar-refractivity contribution < 1.29 is 19.1 Å². The Balaban J connectivity index is 3.26. The first-order valence-electron chi connectivity index (χ1n) is 5.69. The van der Waals surface area contributed by atoms with Gasteiger partial charge in [-0.3, -0.25) is 9.59 Å². The Bertz CT molecular complexity index is 555. The third-order valence-electron chi connectivity index (χ3n) is 2.45. The van der Waals surface area contributed by atoms with Crippen LogP contribution in [0.25, 0.3) is 0 Å². The fourth-order valence-corrected chi connectivity index (χ4v) is 1.44. The number of carbonyl (C=O) groups excluding carboxylic acids is 2. The van der Waals surface area contributed by atoms with E-state index in [1.165, 1.54) is 26.0 Å². The van der Waals surface area contributed by atoms with E-state index in [2.05, 4.69) is 6.07 Å². The number of rotatable bonds is 3. The SMILES string of the molecule is CC(=O)Oc1ccc(C(C)(C)C#N)cc1OC(C)=O. The Morgan fingerprint density at radius 3 is 2.11 bits per heavy atom. The standard InChI is InChI=1S/C14H15NO4/c1-9(16)18-12-6-5-11(14(3,4)8-15)7-13(12)19-10(2)17/h5-7H,1-4H3. The Hall–Kier alpha value is -2.35. The van der Waals surface area contributed by atoms with Crippen molar-refractivity contribution in [2.45, 2.75) is 33.1 Å². The quantitative estimate of drug-likeness (QED) is 0.616. The molecule has 0 radical (unpaired) electrons. The highest BCUT2D eigenvalue weighted by Gasteiger charge is 2.22. The minimum atomic E-state index is -0.732. The third-order valence-corrected chi connectivity index (χ3v) is 2.45. The Kier molecular flexibility index (Phi) is 4.28. The molecule has 0 saturated carbocycles. The maximum atomic E-state index is 11.1. The lowest BCUT2D eigenvalue weighted by molar-refractivity contribution is -0.134. The summed E-state index contributed by atoms with van der Waals surface area (Å²) in [7, 11) is 0. The van der Waals surface area contributed by atoms with Crippen LogP contribution in [0.5, 0.6) is 11.5 Å². The minimum Gasteiger partial charge on any atom is -0.423 e. The van der Waals surface area contributed by atoms with Gasteiger partial charge in [0.15, 0.2) is 11.5 Å². The summed E-state index contributed by atoms with van der Waals surface area (Å²) < 4.78 is 9.95. The Morgan fingerprint density at radius 2 is 1.63 bits per heavy atom. The van der Waals surface area contributed by atoms with E-state index in [1.54, 1.807) is 19.9 Å². The zero-order valence-corrected chi connectivity index (χ0v) is 11.3. The second-order valence-electron chi connectivity index (χ2n) is 4.59. The van der Waals surface area contributed by atoms with E-state index in [0.29, 0.717) is 5.56 Å². The predicted molar refractivity (Wildman–Crippen MR) is 67.7 cm³/mol. The highest BCUT2D eigenvalue weighted by atomic mass is 16.6. The first-order valence-corrected chi connectivity index (χ1v) is 5.69. The smallest absolute Gasteiger partial charge is 0.308 e. The van der Waals surface area contributed by atoms with Gasteiger partial charge in [0.25, 0.3) is 0 Å². The zero-order valence-electron chi connectivity index (χ0n) is 11.3. The summed E-state index contributed by atoms with van der Waals surface area (Å²) in [5, 5.41) is 9.09. The predicted octanol–water partition coefficient (Wildman–Crippen LogP) is 2.34. The molecular weight excluding hydrogens is 246 g/mol. The number of hydrogen-bond donors (Lipinski definition) is 0. The molecule has 0 bridgehead atoms. The molecule has 0 aliphatic rings. The fourth-order valence-electron chi connectivity index (χ4n) is 1.44. The van der Waals surface area contributed by atoms with Crippen LogP contribution in [-0.2, 0) is 15.0 Å². The van der Waals surface area contributed by atoms with Gasteiger partial charge in [0.1, 0.15) is 0 Å². The lowest BCUT2D eigenvalue weighted by Gasteiger charge is -2.18. The van der Waals surface area contributed by atoms with Gasteiger partial charge < -0.3 is 9.47 Å². The topological polar surface area (TPSA) is 76.4 Å². The van der Waals surface area contributed by atoms with Gasteiger partial charge in [0, 0.05) is 13.8 Å². The third kappa shape index (κ3) is 3.81. The lowest BCUT2D eigenvalue weighted by atomic mass is 9.86. The number of esters is 2. The van der Waals surface area contributed by atoms with E-state index >= 15 is 0 Å². The molecule has 1 aromatic carbocycles. The number of ether oxygens (including phenoxy) is 2. The summed E-state index contributed by atoms with van der Waals surface area (Å²) in [6.07, 6.45) is 0. The lowest BCUT2D eigenvalue weighted by Crippen LogP contribution is -2.15. The molecule has 5 heteroatoms. The van der Waals surface area contributed by atoms with Crippen LogP contribution in [0.2, 0.25) is 0 Å². The van der Waals surface area contributed by atoms with Crippen LogP contribution in [0.15, 0.2) is 18.2 Å². The van der Waals surface area contributed by atoms with Crippen molar-refractivity contribution in [3.63, 3.8) is 0 Å². The molecule has 1 rings (SSSR count). The highest BCUT2D eigenvalue weighted by molar-refractivity contribution is 5.73. The van der Waals surface area contributed by atoms with Crippen LogP contribution in [0.4, 0.5) is 0 Å². The van der Waals surface area contributed by atoms with Crippen LogP contribution in [-0.4, -0.2) is 11.9 Å². The van der Waals surface area contributed by atoms with Crippen LogP contribution >= 0.6 is 0 Å². The van der Waals surface area contributed by atoms with Crippen molar-refractivity contribution in [2.24, 2.45) is 0 Å². The summed E-state index contributed by atoms with van der Waals surface area (Å²) in [4.78, 5) is 22.0. The molecular formula is C14H15NO4. The Morgan fingerprint density at radius 1 is 1.11 bits per heavy atom. The number of nitrogens with zero attached hydrogens (tertiary/aromatic N) is 1. The zero-order chi connectivity index (χ0) is 14.6. The second kappa shape index (κ2) is 5.53. The molecule has 0 aromatic heterocycles. The normalized spacial score (nSPS) is 10.5. The van der Waals surface area contributed by atoms with Crippen molar-refractivity contribution in [3.05, 3.63) is 23.8 Å². The molecule has 5 nitrogen and oxygen atoms in total. The average molecular weight is 261 g/mol. The molecule has 100 valence electrons. The summed E-state index contributed by atoms with van der Waals surface area (Å²) in [6.45, 7) is 5.99. The maximum Gasteiger partial charge on any atom is 0.308 e. The van der Waals surface area contributed by atoms with E-state index in [-0.39, 0.29) is 11.5 Å². The molecule has 0 heterocycles. The van der Waals surface area contributed by atoms with Gasteiger partial charge in [-0.05, 0) is 31.5 Å². The van der Waals surface area contributed by atoms with E-state index in [4.69, 9.17) is 14.7 Å². The molecule has 0 unspecified atom stereocenters. The minimum absolute atomic E-state index is 0.128. The molecule has 0 amide bonds. The molecule has 0 atom stereocenters. The van der Waals surface area contributed by atoms with Crippen molar-refractivity contribution in [1.82, 2.24) is 0 Å². The van der Waals surface area contributed by atoms with Gasteiger partial charge in [-0.25, -0.2) is 0 Å². The number of carbonyl (C=O) groups is 2. The molecule has 0 fully saturated rings. The van der Waals surface area contributed by atoms with Crippen molar-refractivity contribution in [1.29, 1.82) is 5.26 Å². The molecule has 1 aromatic rings. The summed E-state index contributed by atoms with van der Waals surface area (Å²) in [5.41, 5.74) is -0.0638. The van der Waals surface area contributed by atoms with Gasteiger partial charge in [-0.1, -0.05) is 6.07 Å². The largest absolute Gasteiger partial charge is 0.423 e. The van der Waals surface area contributed by atoms with Crippen LogP contribution in [0.3, 0.4) is 0 Å². The van der Waals surface area contributed by atoms with E-state index in [1.807, 2.05) is 0 Å². The first kappa shape index (κ1) is 14.7. The molecule has 0 aliphatic heterocycles. The van der Waals surface area contributed by atoms with E-state index in [0.717, 1.165) is 0 Å². The van der Waals surface area contributed by atoms with Gasteiger partial charge in [0.2, 0.25) is 0 Å². The van der Waals surface area contributed by atoms with Crippen LogP contribution in [0.1, 0.15) is 33.3 Å². The van der Waals surface area contributed by atoms with E-state index in [9.17, 15) is 9.59 Å². The van der Waals surface area contributed by atoms with Crippen LogP contribution in [0, 0.1) is 11.3 Å². The van der Waals surface area contributed by atoms with Crippen molar-refractivity contribution in [2.75, 3.05) is 0 Å². The summed E-state index contributed by atoms with van der Waals surface area (Å²) >= 11 is 0. The average Bonchev–Trinajstić information content (AvgIpc) is 2.30. The molecule has 19 heavy (non-hydrogen) atoms. The number of nitriles is 1. The Labute approximate surface area is 111 Å². The van der Waals surface area contributed by atoms with E-state index < -0.39 is 17.4 Å². The van der Waals surface area contributed by atoms with Crippen molar-refractivity contribution >= 4 is 11.9 Å². The molecule has 0 saturated heterocycles. The van der Waals surface area contributed by atoms with Gasteiger partial charge in [-0.2, -0.15) is 5.26 Å². The first-order chi connectivity index (χ1) is 8.76. The molecule has 0 aliphatic carbocycles. The maximum absolute atomic E-state index is 11.1. The van der Waals surface area contributed by atoms with Gasteiger partial charge in [-0.15, -0.1) is 0 Å². The highest BCUT2D eigenvalue weighted by Crippen LogP contribution is 2.33. The summed E-state index contributed by atoms with van der Waals surface area (Å²) in [6, 6.07) is 6.85. The van der Waals surface area contributed by atoms with Crippen LogP contribution < -0.4 is 9.47 Å². The number of benzene rings is 1. The second-order valence-corrected chi connectivity index (χ2v) is 4.59. The monoisotopic (exact) mass is 261 g/mol. The summed E-state index contributed by atoms with van der Waals surface area (Å²) in [5.74, 6) is -0.760. The fraction of sp³-hybridized carbons (Fsp3) is 0.357.